The van der Waals surface area contributed by atoms with E-state index in [0.29, 0.717) is 17.5 Å². The molecule has 2 rings (SSSR count). The van der Waals surface area contributed by atoms with E-state index in [4.69, 9.17) is 5.11 Å². The van der Waals surface area contributed by atoms with E-state index >= 15 is 0 Å². The minimum Gasteiger partial charge on any atom is -0.392 e. The molecule has 0 radical (unpaired) electrons. The number of piperidine rings is 1. The quantitative estimate of drug-likeness (QED) is 0.896. The Labute approximate surface area is 126 Å². The molecule has 0 spiro atoms. The van der Waals surface area contributed by atoms with Crippen molar-refractivity contribution in [2.24, 2.45) is 0 Å². The van der Waals surface area contributed by atoms with Crippen LogP contribution in [0.2, 0.25) is 0 Å². The molecule has 1 aliphatic rings. The molecule has 0 bridgehead atoms. The summed E-state index contributed by atoms with van der Waals surface area (Å²) < 4.78 is 38.3. The van der Waals surface area contributed by atoms with Crippen LogP contribution >= 0.6 is 0 Å². The molecule has 2 atom stereocenters. The van der Waals surface area contributed by atoms with Gasteiger partial charge in [0.25, 0.3) is 5.91 Å². The summed E-state index contributed by atoms with van der Waals surface area (Å²) in [6, 6.07) is 4.78. The Kier molecular flexibility index (Phi) is 5.08. The first-order valence-corrected chi connectivity index (χ1v) is 7.09. The predicted octanol–water partition coefficient (Wildman–Crippen LogP) is 1.93. The second kappa shape index (κ2) is 6.66. The number of nitrogens with one attached hydrogen (secondary N) is 1. The van der Waals surface area contributed by atoms with Crippen molar-refractivity contribution in [2.45, 2.75) is 37.7 Å². The number of benzene rings is 1. The van der Waals surface area contributed by atoms with Gasteiger partial charge in [-0.3, -0.25) is 9.69 Å². The van der Waals surface area contributed by atoms with Crippen LogP contribution in [-0.2, 0) is 6.61 Å². The number of nitrogens with zero attached hydrogens (tertiary/aromatic N) is 1. The smallest absolute Gasteiger partial charge is 0.392 e. The van der Waals surface area contributed by atoms with Gasteiger partial charge in [0.2, 0.25) is 0 Å². The molecule has 1 aromatic rings. The molecule has 122 valence electrons. The number of amides is 1. The standard InChI is InChI=1S/C15H19F3N2O2/c1-20-8-12(5-6-13(20)15(16,17)18)19-14(22)11-4-2-3-10(7-11)9-21/h2-4,7,12-13,21H,5-6,8-9H2,1H3,(H,19,22)/t12-,13+/m0/s1. The molecule has 1 saturated heterocycles. The van der Waals surface area contributed by atoms with Crippen LogP contribution in [-0.4, -0.2) is 47.8 Å². The second-order valence-electron chi connectivity index (χ2n) is 5.60. The number of alkyl halides is 3. The van der Waals surface area contributed by atoms with Gasteiger partial charge in [0.05, 0.1) is 6.61 Å². The third-order valence-electron chi connectivity index (χ3n) is 3.91. The van der Waals surface area contributed by atoms with Crippen LogP contribution in [0.1, 0.15) is 28.8 Å². The summed E-state index contributed by atoms with van der Waals surface area (Å²) in [5.41, 5.74) is 1.01. The third-order valence-corrected chi connectivity index (χ3v) is 3.91. The van der Waals surface area contributed by atoms with Crippen molar-refractivity contribution < 1.29 is 23.1 Å². The predicted molar refractivity (Wildman–Crippen MR) is 75.3 cm³/mol. The van der Waals surface area contributed by atoms with Gasteiger partial charge in [-0.2, -0.15) is 13.2 Å². The van der Waals surface area contributed by atoms with Crippen LogP contribution in [0, 0.1) is 0 Å². The number of rotatable bonds is 3. The molecule has 1 aromatic carbocycles. The van der Waals surface area contributed by atoms with Gasteiger partial charge in [-0.05, 0) is 37.6 Å². The number of aliphatic hydroxyl groups is 1. The zero-order chi connectivity index (χ0) is 16.3. The second-order valence-corrected chi connectivity index (χ2v) is 5.60. The van der Waals surface area contributed by atoms with E-state index in [1.165, 1.54) is 11.9 Å². The fraction of sp³-hybridized carbons (Fsp3) is 0.533. The van der Waals surface area contributed by atoms with Crippen LogP contribution in [0.15, 0.2) is 24.3 Å². The zero-order valence-electron chi connectivity index (χ0n) is 12.2. The maximum absolute atomic E-state index is 12.8. The maximum Gasteiger partial charge on any atom is 0.404 e. The van der Waals surface area contributed by atoms with E-state index in [1.807, 2.05) is 0 Å². The third kappa shape index (κ3) is 3.98. The Morgan fingerprint density at radius 1 is 1.41 bits per heavy atom. The number of hydrogen-bond acceptors (Lipinski definition) is 3. The largest absolute Gasteiger partial charge is 0.404 e. The number of likely N-dealkylation sites (tertiary alicyclic amines) is 1. The highest BCUT2D eigenvalue weighted by Gasteiger charge is 2.44. The maximum atomic E-state index is 12.8. The van der Waals surface area contributed by atoms with Crippen LogP contribution in [0.5, 0.6) is 0 Å². The highest BCUT2D eigenvalue weighted by molar-refractivity contribution is 5.94. The first-order chi connectivity index (χ1) is 10.3. The Hall–Kier alpha value is -1.60. The molecule has 1 heterocycles. The summed E-state index contributed by atoms with van der Waals surface area (Å²) in [6.07, 6.45) is -3.97. The van der Waals surface area contributed by atoms with Crippen molar-refractivity contribution in [3.05, 3.63) is 35.4 Å². The Bertz CT molecular complexity index is 534. The molecule has 0 unspecified atom stereocenters. The number of halogens is 3. The Morgan fingerprint density at radius 2 is 2.14 bits per heavy atom. The minimum absolute atomic E-state index is 0.0262. The summed E-state index contributed by atoms with van der Waals surface area (Å²) in [4.78, 5) is 13.4. The molecule has 7 heteroatoms. The van der Waals surface area contributed by atoms with Crippen molar-refractivity contribution in [2.75, 3.05) is 13.6 Å². The van der Waals surface area contributed by atoms with Gasteiger partial charge in [0.15, 0.2) is 0 Å². The fourth-order valence-corrected chi connectivity index (χ4v) is 2.76. The van der Waals surface area contributed by atoms with Gasteiger partial charge in [-0.25, -0.2) is 0 Å². The lowest BCUT2D eigenvalue weighted by Gasteiger charge is -2.38. The number of aliphatic hydroxyl groups excluding tert-OH is 1. The summed E-state index contributed by atoms with van der Waals surface area (Å²) in [5, 5.41) is 11.8. The summed E-state index contributed by atoms with van der Waals surface area (Å²) in [5.74, 6) is -0.334. The molecule has 1 aliphatic heterocycles. The molecule has 4 nitrogen and oxygen atoms in total. The van der Waals surface area contributed by atoms with E-state index in [1.54, 1.807) is 24.3 Å². The van der Waals surface area contributed by atoms with Crippen LogP contribution in [0.25, 0.3) is 0 Å². The van der Waals surface area contributed by atoms with E-state index < -0.39 is 12.2 Å². The van der Waals surface area contributed by atoms with Crippen molar-refractivity contribution >= 4 is 5.91 Å². The van der Waals surface area contributed by atoms with E-state index in [-0.39, 0.29) is 31.5 Å². The van der Waals surface area contributed by atoms with Gasteiger partial charge in [0.1, 0.15) is 6.04 Å². The first-order valence-electron chi connectivity index (χ1n) is 7.09. The summed E-state index contributed by atoms with van der Waals surface area (Å²) in [7, 11) is 1.42. The van der Waals surface area contributed by atoms with Crippen molar-refractivity contribution in [1.29, 1.82) is 0 Å². The van der Waals surface area contributed by atoms with Crippen LogP contribution < -0.4 is 5.32 Å². The first kappa shape index (κ1) is 16.8. The molecule has 22 heavy (non-hydrogen) atoms. The highest BCUT2D eigenvalue weighted by atomic mass is 19.4. The normalized spacial score (nSPS) is 23.3. The molecule has 0 saturated carbocycles. The zero-order valence-corrected chi connectivity index (χ0v) is 12.2. The monoisotopic (exact) mass is 316 g/mol. The summed E-state index contributed by atoms with van der Waals surface area (Å²) >= 11 is 0. The van der Waals surface area contributed by atoms with Gasteiger partial charge in [0, 0.05) is 18.2 Å². The molecule has 0 aliphatic carbocycles. The van der Waals surface area contributed by atoms with Gasteiger partial charge in [-0.15, -0.1) is 0 Å². The lowest BCUT2D eigenvalue weighted by Crippen LogP contribution is -2.54. The molecular formula is C15H19F3N2O2. The van der Waals surface area contributed by atoms with E-state index in [0.717, 1.165) is 0 Å². The highest BCUT2D eigenvalue weighted by Crippen LogP contribution is 2.30. The molecule has 2 N–H and O–H groups in total. The lowest BCUT2D eigenvalue weighted by atomic mass is 9.98. The average molecular weight is 316 g/mol. The lowest BCUT2D eigenvalue weighted by molar-refractivity contribution is -0.188. The van der Waals surface area contributed by atoms with Crippen molar-refractivity contribution in [1.82, 2.24) is 10.2 Å². The van der Waals surface area contributed by atoms with Crippen molar-refractivity contribution in [3.63, 3.8) is 0 Å². The Morgan fingerprint density at radius 3 is 2.73 bits per heavy atom. The number of likely N-dealkylation sites (N-methyl/N-ethyl adjacent to an activating group) is 1. The van der Waals surface area contributed by atoms with Gasteiger partial charge < -0.3 is 10.4 Å². The number of carbonyl (C=O) groups is 1. The topological polar surface area (TPSA) is 52.6 Å². The molecule has 1 amide bonds. The number of hydrogen-bond donors (Lipinski definition) is 2. The van der Waals surface area contributed by atoms with Crippen LogP contribution in [0.4, 0.5) is 13.2 Å². The molecule has 1 fully saturated rings. The van der Waals surface area contributed by atoms with Crippen LogP contribution in [0.3, 0.4) is 0 Å². The van der Waals surface area contributed by atoms with E-state index in [9.17, 15) is 18.0 Å². The van der Waals surface area contributed by atoms with Gasteiger partial charge >= 0.3 is 6.18 Å². The molecular weight excluding hydrogens is 297 g/mol. The van der Waals surface area contributed by atoms with Gasteiger partial charge in [-0.1, -0.05) is 12.1 Å². The fourth-order valence-electron chi connectivity index (χ4n) is 2.76. The minimum atomic E-state index is -4.24. The summed E-state index contributed by atoms with van der Waals surface area (Å²) in [6.45, 7) is -0.00381. The molecule has 0 aromatic heterocycles. The Balaban J connectivity index is 1.96. The van der Waals surface area contributed by atoms with Crippen molar-refractivity contribution in [3.8, 4) is 0 Å². The number of carbonyl (C=O) groups excluding carboxylic acids is 1. The van der Waals surface area contributed by atoms with E-state index in [2.05, 4.69) is 5.32 Å². The average Bonchev–Trinajstić information content (AvgIpc) is 2.46. The SMILES string of the molecule is CN1C[C@@H](NC(=O)c2cccc(CO)c2)CC[C@@H]1C(F)(F)F.